The van der Waals surface area contributed by atoms with Crippen molar-refractivity contribution >= 4 is 39.3 Å². The van der Waals surface area contributed by atoms with E-state index in [2.05, 4.69) is 32.4 Å². The van der Waals surface area contributed by atoms with Crippen molar-refractivity contribution in [2.45, 2.75) is 17.7 Å². The Morgan fingerprint density at radius 3 is 2.86 bits per heavy atom. The second-order valence-corrected chi connectivity index (χ2v) is 6.77. The van der Waals surface area contributed by atoms with Gasteiger partial charge in [0.15, 0.2) is 0 Å². The van der Waals surface area contributed by atoms with Gasteiger partial charge in [-0.3, -0.25) is 10.1 Å². The van der Waals surface area contributed by atoms with Gasteiger partial charge in [-0.25, -0.2) is 0 Å². The molecule has 0 N–H and O–H groups in total. The number of hydrogen-bond acceptors (Lipinski definition) is 4. The lowest BCUT2D eigenvalue weighted by molar-refractivity contribution is -0.387. The number of para-hydroxylation sites is 1. The Balaban J connectivity index is 1.92. The summed E-state index contributed by atoms with van der Waals surface area (Å²) in [6.07, 6.45) is 2.10. The highest BCUT2D eigenvalue weighted by Gasteiger charge is 2.21. The molecule has 0 spiro atoms. The van der Waals surface area contributed by atoms with E-state index in [1.165, 1.54) is 17.5 Å². The molecule has 1 heterocycles. The first-order valence-electron chi connectivity index (χ1n) is 6.62. The fourth-order valence-electron chi connectivity index (χ4n) is 2.43. The van der Waals surface area contributed by atoms with E-state index in [9.17, 15) is 10.1 Å². The fourth-order valence-corrected chi connectivity index (χ4v) is 3.95. The maximum Gasteiger partial charge on any atom is 0.284 e. The average molecular weight is 365 g/mol. The van der Waals surface area contributed by atoms with Crippen LogP contribution in [0.4, 0.5) is 11.4 Å². The fraction of sp³-hybridized carbons (Fsp3) is 0.200. The number of hydrogen-bond donors (Lipinski definition) is 0. The number of benzene rings is 2. The number of rotatable bonds is 3. The van der Waals surface area contributed by atoms with E-state index in [-0.39, 0.29) is 10.6 Å². The smallest absolute Gasteiger partial charge is 0.284 e. The van der Waals surface area contributed by atoms with Crippen molar-refractivity contribution in [1.29, 1.82) is 0 Å². The molecule has 0 unspecified atom stereocenters. The van der Waals surface area contributed by atoms with E-state index in [0.717, 1.165) is 29.5 Å². The molecule has 108 valence electrons. The predicted molar refractivity (Wildman–Crippen MR) is 88.8 cm³/mol. The van der Waals surface area contributed by atoms with Crippen LogP contribution in [-0.4, -0.2) is 11.5 Å². The van der Waals surface area contributed by atoms with Gasteiger partial charge in [0.2, 0.25) is 0 Å². The highest BCUT2D eigenvalue weighted by molar-refractivity contribution is 9.10. The number of nitro benzene ring substituents is 1. The minimum absolute atomic E-state index is 0.159. The Bertz CT molecular complexity index is 693. The van der Waals surface area contributed by atoms with Crippen LogP contribution in [0.1, 0.15) is 12.0 Å². The van der Waals surface area contributed by atoms with E-state index >= 15 is 0 Å². The van der Waals surface area contributed by atoms with Crippen molar-refractivity contribution in [3.05, 3.63) is 62.6 Å². The number of halogens is 1. The maximum absolute atomic E-state index is 11.1. The first-order valence-corrected chi connectivity index (χ1v) is 8.19. The summed E-state index contributed by atoms with van der Waals surface area (Å²) in [6, 6.07) is 13.1. The number of nitrogens with zero attached hydrogens (tertiary/aromatic N) is 2. The molecule has 3 rings (SSSR count). The molecule has 0 fully saturated rings. The van der Waals surface area contributed by atoms with Crippen LogP contribution in [0.2, 0.25) is 0 Å². The zero-order valence-electron chi connectivity index (χ0n) is 11.2. The van der Waals surface area contributed by atoms with E-state index in [1.54, 1.807) is 18.2 Å². The summed E-state index contributed by atoms with van der Waals surface area (Å²) in [6.45, 7) is 0.894. The highest BCUT2D eigenvalue weighted by atomic mass is 79.9. The van der Waals surface area contributed by atoms with Crippen LogP contribution in [-0.2, 0) is 6.42 Å². The standard InChI is InChI=1S/C15H13BrN2O2S/c16-12-7-8-13-11(10-12)4-3-9-17(13)21-15-6-2-1-5-14(15)18(19)20/h1-2,5-8,10H,3-4,9H2. The third kappa shape index (κ3) is 3.06. The van der Waals surface area contributed by atoms with Crippen molar-refractivity contribution < 1.29 is 4.92 Å². The summed E-state index contributed by atoms with van der Waals surface area (Å²) in [5.41, 5.74) is 2.58. The SMILES string of the molecule is O=[N+]([O-])c1ccccc1SN1CCCc2cc(Br)ccc21. The molecule has 0 atom stereocenters. The van der Waals surface area contributed by atoms with Crippen LogP contribution < -0.4 is 4.31 Å². The van der Waals surface area contributed by atoms with Gasteiger partial charge in [0, 0.05) is 17.1 Å². The molecule has 0 aromatic heterocycles. The van der Waals surface area contributed by atoms with Crippen molar-refractivity contribution in [2.75, 3.05) is 10.8 Å². The minimum atomic E-state index is -0.325. The second-order valence-electron chi connectivity index (χ2n) is 4.79. The number of anilines is 1. The molecule has 6 heteroatoms. The summed E-state index contributed by atoms with van der Waals surface area (Å²) < 4.78 is 3.21. The predicted octanol–water partition coefficient (Wildman–Crippen LogP) is 4.82. The Hall–Kier alpha value is -1.53. The Kier molecular flexibility index (Phi) is 4.17. The summed E-state index contributed by atoms with van der Waals surface area (Å²) in [7, 11) is 0. The van der Waals surface area contributed by atoms with Gasteiger partial charge in [-0.2, -0.15) is 0 Å². The summed E-state index contributed by atoms with van der Waals surface area (Å²) in [4.78, 5) is 11.5. The molecule has 1 aliphatic rings. The average Bonchev–Trinajstić information content (AvgIpc) is 2.47. The van der Waals surface area contributed by atoms with Crippen molar-refractivity contribution in [3.63, 3.8) is 0 Å². The monoisotopic (exact) mass is 364 g/mol. The van der Waals surface area contributed by atoms with Crippen LogP contribution in [0.15, 0.2) is 51.8 Å². The van der Waals surface area contributed by atoms with E-state index in [4.69, 9.17) is 0 Å². The first-order chi connectivity index (χ1) is 10.1. The van der Waals surface area contributed by atoms with E-state index < -0.39 is 0 Å². The second kappa shape index (κ2) is 6.07. The third-order valence-corrected chi connectivity index (χ3v) is 5.02. The summed E-state index contributed by atoms with van der Waals surface area (Å²) >= 11 is 4.94. The normalized spacial score (nSPS) is 13.9. The van der Waals surface area contributed by atoms with Crippen LogP contribution in [0.5, 0.6) is 0 Å². The van der Waals surface area contributed by atoms with Gasteiger partial charge in [0.05, 0.1) is 10.6 Å². The molecule has 0 saturated heterocycles. The van der Waals surface area contributed by atoms with Gasteiger partial charge in [-0.1, -0.05) is 28.1 Å². The Morgan fingerprint density at radius 1 is 1.24 bits per heavy atom. The molecule has 0 amide bonds. The van der Waals surface area contributed by atoms with Crippen LogP contribution in [0, 0.1) is 10.1 Å². The highest BCUT2D eigenvalue weighted by Crippen LogP contribution is 2.39. The van der Waals surface area contributed by atoms with E-state index in [0.29, 0.717) is 4.90 Å². The largest absolute Gasteiger partial charge is 0.312 e. The van der Waals surface area contributed by atoms with E-state index in [1.807, 2.05) is 12.1 Å². The van der Waals surface area contributed by atoms with Crippen LogP contribution in [0.25, 0.3) is 0 Å². The van der Waals surface area contributed by atoms with Crippen LogP contribution in [0.3, 0.4) is 0 Å². The van der Waals surface area contributed by atoms with Crippen LogP contribution >= 0.6 is 27.9 Å². The lowest BCUT2D eigenvalue weighted by Crippen LogP contribution is -2.22. The van der Waals surface area contributed by atoms with Gasteiger partial charge in [-0.15, -0.1) is 0 Å². The van der Waals surface area contributed by atoms with Crippen molar-refractivity contribution in [1.82, 2.24) is 0 Å². The molecule has 0 aliphatic carbocycles. The molecule has 0 saturated carbocycles. The molecule has 2 aromatic carbocycles. The van der Waals surface area contributed by atoms with Crippen molar-refractivity contribution in [2.24, 2.45) is 0 Å². The molecule has 0 radical (unpaired) electrons. The van der Waals surface area contributed by atoms with Gasteiger partial charge in [-0.05, 0) is 54.6 Å². The summed E-state index contributed by atoms with van der Waals surface area (Å²) in [5.74, 6) is 0. The summed E-state index contributed by atoms with van der Waals surface area (Å²) in [5, 5.41) is 11.1. The maximum atomic E-state index is 11.1. The quantitative estimate of drug-likeness (QED) is 0.445. The minimum Gasteiger partial charge on any atom is -0.312 e. The lowest BCUT2D eigenvalue weighted by Gasteiger charge is -2.29. The van der Waals surface area contributed by atoms with Gasteiger partial charge in [0.25, 0.3) is 5.69 Å². The Labute approximate surface area is 135 Å². The molecule has 2 aromatic rings. The van der Waals surface area contributed by atoms with Crippen molar-refractivity contribution in [3.8, 4) is 0 Å². The first kappa shape index (κ1) is 14.4. The molecular formula is C15H13BrN2O2S. The Morgan fingerprint density at radius 2 is 2.05 bits per heavy atom. The topological polar surface area (TPSA) is 46.4 Å². The zero-order chi connectivity index (χ0) is 14.8. The molecule has 21 heavy (non-hydrogen) atoms. The third-order valence-electron chi connectivity index (χ3n) is 3.39. The van der Waals surface area contributed by atoms with Gasteiger partial charge < -0.3 is 4.31 Å². The molecule has 1 aliphatic heterocycles. The molecular weight excluding hydrogens is 352 g/mol. The zero-order valence-corrected chi connectivity index (χ0v) is 13.6. The van der Waals surface area contributed by atoms with Gasteiger partial charge in [0.1, 0.15) is 4.90 Å². The lowest BCUT2D eigenvalue weighted by atomic mass is 10.0. The molecule has 0 bridgehead atoms. The number of fused-ring (bicyclic) bond motifs is 1. The number of nitro groups is 1. The van der Waals surface area contributed by atoms with Gasteiger partial charge >= 0.3 is 0 Å². The molecule has 4 nitrogen and oxygen atoms in total. The number of aryl methyl sites for hydroxylation is 1.